The Hall–Kier alpha value is -3.55. The standard InChI is InChI=1S/C27H25ClN2O4S/c1-3-33-22-15-19(11-14-21(22)34-16-17-7-5-4-6-8-17)25-23(26(31)32-2)24(29-27(35)30-25)18-9-12-20(28)13-10-18/h4-15,25H,3,16H2,1-2H3,(H2,29,30,35)/t25-/m1/s1. The number of benzene rings is 3. The molecular formula is C27H25ClN2O4S. The van der Waals surface area contributed by atoms with E-state index in [4.69, 9.17) is 38.0 Å². The van der Waals surface area contributed by atoms with Crippen LogP contribution in [0.15, 0.2) is 78.4 Å². The summed E-state index contributed by atoms with van der Waals surface area (Å²) in [5.41, 5.74) is 3.54. The molecule has 0 aromatic heterocycles. The van der Waals surface area contributed by atoms with E-state index in [1.165, 1.54) is 7.11 Å². The monoisotopic (exact) mass is 508 g/mol. The molecule has 0 spiro atoms. The fourth-order valence-corrected chi connectivity index (χ4v) is 4.16. The van der Waals surface area contributed by atoms with Gasteiger partial charge in [-0.05, 0) is 60.1 Å². The number of carbonyl (C=O) groups is 1. The molecule has 1 aliphatic rings. The lowest BCUT2D eigenvalue weighted by Gasteiger charge is -2.31. The Morgan fingerprint density at radius 1 is 1.00 bits per heavy atom. The Morgan fingerprint density at radius 3 is 2.43 bits per heavy atom. The third-order valence-electron chi connectivity index (χ3n) is 5.45. The second-order valence-electron chi connectivity index (χ2n) is 7.73. The molecule has 1 heterocycles. The first-order chi connectivity index (χ1) is 17.0. The first-order valence-corrected chi connectivity index (χ1v) is 11.9. The second kappa shape index (κ2) is 11.3. The van der Waals surface area contributed by atoms with Crippen LogP contribution in [-0.2, 0) is 16.1 Å². The van der Waals surface area contributed by atoms with Crippen LogP contribution in [0, 0.1) is 0 Å². The van der Waals surface area contributed by atoms with Gasteiger partial charge in [0.05, 0.1) is 31.0 Å². The van der Waals surface area contributed by atoms with Gasteiger partial charge in [-0.3, -0.25) is 0 Å². The molecular weight excluding hydrogens is 484 g/mol. The predicted octanol–water partition coefficient (Wildman–Crippen LogP) is 5.42. The lowest BCUT2D eigenvalue weighted by Crippen LogP contribution is -2.45. The Kier molecular flexibility index (Phi) is 7.90. The van der Waals surface area contributed by atoms with Crippen LogP contribution in [0.4, 0.5) is 0 Å². The highest BCUT2D eigenvalue weighted by Crippen LogP contribution is 2.37. The van der Waals surface area contributed by atoms with Crippen molar-refractivity contribution in [1.29, 1.82) is 0 Å². The van der Waals surface area contributed by atoms with Crippen molar-refractivity contribution in [3.63, 3.8) is 0 Å². The van der Waals surface area contributed by atoms with E-state index < -0.39 is 12.0 Å². The Morgan fingerprint density at radius 2 is 1.74 bits per heavy atom. The minimum atomic E-state index is -0.566. The first kappa shape index (κ1) is 24.6. The molecule has 0 aliphatic carbocycles. The average molecular weight is 509 g/mol. The molecule has 0 amide bonds. The van der Waals surface area contributed by atoms with Crippen molar-refractivity contribution in [1.82, 2.24) is 10.6 Å². The minimum absolute atomic E-state index is 0.384. The predicted molar refractivity (Wildman–Crippen MR) is 140 cm³/mol. The number of methoxy groups -OCH3 is 1. The number of ether oxygens (including phenoxy) is 3. The van der Waals surface area contributed by atoms with Gasteiger partial charge >= 0.3 is 5.97 Å². The molecule has 3 aromatic rings. The van der Waals surface area contributed by atoms with Crippen molar-refractivity contribution in [2.75, 3.05) is 13.7 Å². The van der Waals surface area contributed by atoms with E-state index in [0.29, 0.717) is 46.1 Å². The quantitative estimate of drug-likeness (QED) is 0.311. The number of esters is 1. The van der Waals surface area contributed by atoms with E-state index >= 15 is 0 Å². The Labute approximate surface area is 214 Å². The van der Waals surface area contributed by atoms with Crippen LogP contribution in [0.5, 0.6) is 11.5 Å². The molecule has 4 rings (SSSR count). The van der Waals surface area contributed by atoms with Crippen molar-refractivity contribution in [3.05, 3.63) is 100 Å². The largest absolute Gasteiger partial charge is 0.490 e. The molecule has 180 valence electrons. The number of rotatable bonds is 8. The number of hydrogen-bond donors (Lipinski definition) is 2. The second-order valence-corrected chi connectivity index (χ2v) is 8.58. The fraction of sp³-hybridized carbons (Fsp3) is 0.185. The topological polar surface area (TPSA) is 68.8 Å². The third kappa shape index (κ3) is 5.75. The average Bonchev–Trinajstić information content (AvgIpc) is 2.88. The Bertz CT molecular complexity index is 1250. The highest BCUT2D eigenvalue weighted by Gasteiger charge is 2.33. The van der Waals surface area contributed by atoms with Gasteiger partial charge in [-0.2, -0.15) is 0 Å². The molecule has 1 atom stereocenters. The molecule has 0 radical (unpaired) electrons. The highest BCUT2D eigenvalue weighted by molar-refractivity contribution is 7.80. The molecule has 8 heteroatoms. The lowest BCUT2D eigenvalue weighted by atomic mass is 9.92. The summed E-state index contributed by atoms with van der Waals surface area (Å²) in [6.07, 6.45) is 0. The molecule has 35 heavy (non-hydrogen) atoms. The fourth-order valence-electron chi connectivity index (χ4n) is 3.82. The highest BCUT2D eigenvalue weighted by atomic mass is 35.5. The van der Waals surface area contributed by atoms with E-state index in [0.717, 1.165) is 16.7 Å². The van der Waals surface area contributed by atoms with E-state index in [1.807, 2.05) is 67.6 Å². The molecule has 0 saturated heterocycles. The maximum absolute atomic E-state index is 13.0. The van der Waals surface area contributed by atoms with E-state index in [9.17, 15) is 4.79 Å². The summed E-state index contributed by atoms with van der Waals surface area (Å²) in [7, 11) is 1.35. The molecule has 6 nitrogen and oxygen atoms in total. The summed E-state index contributed by atoms with van der Waals surface area (Å²) in [4.78, 5) is 13.0. The summed E-state index contributed by atoms with van der Waals surface area (Å²) in [6, 6.07) is 22.1. The van der Waals surface area contributed by atoms with Crippen LogP contribution in [0.1, 0.15) is 29.7 Å². The van der Waals surface area contributed by atoms with Crippen molar-refractivity contribution >= 4 is 40.6 Å². The van der Waals surface area contributed by atoms with Gasteiger partial charge in [0, 0.05) is 5.02 Å². The zero-order valence-electron chi connectivity index (χ0n) is 19.3. The van der Waals surface area contributed by atoms with Crippen LogP contribution in [0.3, 0.4) is 0 Å². The zero-order chi connectivity index (χ0) is 24.8. The number of halogens is 1. The van der Waals surface area contributed by atoms with Gasteiger partial charge in [0.2, 0.25) is 0 Å². The Balaban J connectivity index is 1.73. The van der Waals surface area contributed by atoms with E-state index in [-0.39, 0.29) is 0 Å². The summed E-state index contributed by atoms with van der Waals surface area (Å²) < 4.78 is 17.1. The number of nitrogens with one attached hydrogen (secondary N) is 2. The molecule has 1 aliphatic heterocycles. The van der Waals surface area contributed by atoms with E-state index in [2.05, 4.69) is 10.6 Å². The van der Waals surface area contributed by atoms with Crippen LogP contribution in [-0.4, -0.2) is 24.8 Å². The van der Waals surface area contributed by atoms with Gasteiger partial charge in [-0.1, -0.05) is 60.1 Å². The molecule has 0 unspecified atom stereocenters. The SMILES string of the molecule is CCOc1cc([C@H]2NC(=S)NC(c3ccc(Cl)cc3)=C2C(=O)OC)ccc1OCc1ccccc1. The molecule has 0 bridgehead atoms. The summed E-state index contributed by atoms with van der Waals surface area (Å²) in [5, 5.41) is 7.28. The minimum Gasteiger partial charge on any atom is -0.490 e. The van der Waals surface area contributed by atoms with E-state index in [1.54, 1.807) is 12.1 Å². The normalized spacial score (nSPS) is 15.2. The van der Waals surface area contributed by atoms with Gasteiger partial charge in [-0.15, -0.1) is 0 Å². The van der Waals surface area contributed by atoms with Gasteiger partial charge in [0.15, 0.2) is 16.6 Å². The maximum Gasteiger partial charge on any atom is 0.338 e. The smallest absolute Gasteiger partial charge is 0.338 e. The summed E-state index contributed by atoms with van der Waals surface area (Å²) >= 11 is 11.5. The number of thiocarbonyl (C=S) groups is 1. The summed E-state index contributed by atoms with van der Waals surface area (Å²) in [5.74, 6) is 0.701. The molecule has 0 saturated carbocycles. The van der Waals surface area contributed by atoms with Crippen LogP contribution >= 0.6 is 23.8 Å². The van der Waals surface area contributed by atoms with Gasteiger partial charge in [0.1, 0.15) is 6.61 Å². The van der Waals surface area contributed by atoms with Gasteiger partial charge in [0.25, 0.3) is 0 Å². The lowest BCUT2D eigenvalue weighted by molar-refractivity contribution is -0.136. The third-order valence-corrected chi connectivity index (χ3v) is 5.92. The summed E-state index contributed by atoms with van der Waals surface area (Å²) in [6.45, 7) is 2.77. The molecule has 3 aromatic carbocycles. The molecule has 2 N–H and O–H groups in total. The van der Waals surface area contributed by atoms with Gasteiger partial charge in [-0.25, -0.2) is 4.79 Å². The van der Waals surface area contributed by atoms with Crippen LogP contribution in [0.2, 0.25) is 5.02 Å². The number of hydrogen-bond acceptors (Lipinski definition) is 5. The van der Waals surface area contributed by atoms with Crippen LogP contribution < -0.4 is 20.1 Å². The van der Waals surface area contributed by atoms with Gasteiger partial charge < -0.3 is 24.8 Å². The zero-order valence-corrected chi connectivity index (χ0v) is 20.9. The van der Waals surface area contributed by atoms with Crippen LogP contribution in [0.25, 0.3) is 5.70 Å². The van der Waals surface area contributed by atoms with Crippen molar-refractivity contribution in [2.45, 2.75) is 19.6 Å². The molecule has 0 fully saturated rings. The van der Waals surface area contributed by atoms with Crippen molar-refractivity contribution < 1.29 is 19.0 Å². The number of carbonyl (C=O) groups excluding carboxylic acids is 1. The maximum atomic E-state index is 13.0. The first-order valence-electron chi connectivity index (χ1n) is 11.1. The van der Waals surface area contributed by atoms with Crippen molar-refractivity contribution in [2.24, 2.45) is 0 Å². The van der Waals surface area contributed by atoms with Crippen molar-refractivity contribution in [3.8, 4) is 11.5 Å².